The van der Waals surface area contributed by atoms with Crippen LogP contribution in [0.2, 0.25) is 0 Å². The lowest BCUT2D eigenvalue weighted by Crippen LogP contribution is -2.36. The summed E-state index contributed by atoms with van der Waals surface area (Å²) < 4.78 is 5.50. The summed E-state index contributed by atoms with van der Waals surface area (Å²) >= 11 is 0. The lowest BCUT2D eigenvalue weighted by molar-refractivity contribution is -0.131. The Balaban J connectivity index is 2.00. The third-order valence-electron chi connectivity index (χ3n) is 5.78. The maximum atomic E-state index is 13.3. The van der Waals surface area contributed by atoms with Crippen LogP contribution in [0, 0.1) is 26.2 Å². The van der Waals surface area contributed by atoms with Crippen molar-refractivity contribution in [3.63, 3.8) is 0 Å². The van der Waals surface area contributed by atoms with Crippen LogP contribution in [0.25, 0.3) is 0 Å². The van der Waals surface area contributed by atoms with E-state index in [4.69, 9.17) is 4.74 Å². The molecule has 2 aliphatic rings. The molecule has 3 unspecified atom stereocenters. The average Bonchev–Trinajstić information content (AvgIpc) is 2.70. The molecule has 2 fully saturated rings. The second-order valence-corrected chi connectivity index (χ2v) is 7.49. The number of carbonyl (C=O) groups is 2. The third-order valence-corrected chi connectivity index (χ3v) is 5.78. The van der Waals surface area contributed by atoms with Crippen molar-refractivity contribution in [3.8, 4) is 0 Å². The predicted octanol–water partition coefficient (Wildman–Crippen LogP) is 3.81. The van der Waals surface area contributed by atoms with Crippen LogP contribution in [-0.2, 0) is 14.3 Å². The van der Waals surface area contributed by atoms with Gasteiger partial charge in [-0.05, 0) is 63.1 Å². The van der Waals surface area contributed by atoms with Crippen molar-refractivity contribution in [2.75, 3.05) is 7.11 Å². The summed E-state index contributed by atoms with van der Waals surface area (Å²) in [6, 6.07) is 4.15. The van der Waals surface area contributed by atoms with Crippen molar-refractivity contribution >= 4 is 11.6 Å². The van der Waals surface area contributed by atoms with Crippen LogP contribution in [-0.4, -0.2) is 24.8 Å². The van der Waals surface area contributed by atoms with E-state index in [0.29, 0.717) is 12.8 Å². The fraction of sp³-hybridized carbons (Fsp3) is 0.600. The molecule has 23 heavy (non-hydrogen) atoms. The molecule has 1 aromatic carbocycles. The molecule has 3 nitrogen and oxygen atoms in total. The Morgan fingerprint density at radius 1 is 1.13 bits per heavy atom. The van der Waals surface area contributed by atoms with Crippen molar-refractivity contribution in [1.82, 2.24) is 0 Å². The Kier molecular flexibility index (Phi) is 4.18. The van der Waals surface area contributed by atoms with Crippen LogP contribution < -0.4 is 0 Å². The Bertz CT molecular complexity index is 638. The molecular formula is C20H26O3. The fourth-order valence-electron chi connectivity index (χ4n) is 4.81. The summed E-state index contributed by atoms with van der Waals surface area (Å²) in [5.41, 5.74) is 3.76. The zero-order valence-corrected chi connectivity index (χ0v) is 14.6. The van der Waals surface area contributed by atoms with Crippen molar-refractivity contribution in [1.29, 1.82) is 0 Å². The second kappa shape index (κ2) is 5.86. The molecule has 0 saturated heterocycles. The van der Waals surface area contributed by atoms with Gasteiger partial charge in [0.2, 0.25) is 0 Å². The highest BCUT2D eigenvalue weighted by molar-refractivity contribution is 6.16. The first-order valence-electron chi connectivity index (χ1n) is 8.55. The summed E-state index contributed by atoms with van der Waals surface area (Å²) in [4.78, 5) is 26.0. The number of carbonyl (C=O) groups excluding carboxylic acids is 2. The summed E-state index contributed by atoms with van der Waals surface area (Å²) in [5, 5.41) is 0. The minimum absolute atomic E-state index is 0.0989. The SMILES string of the molecule is COC1CCCC2(CC(=O)C(c3c(C)cc(C)cc3C)C2=O)C1. The third kappa shape index (κ3) is 2.65. The smallest absolute Gasteiger partial charge is 0.154 e. The molecule has 0 radical (unpaired) electrons. The molecule has 1 aromatic rings. The van der Waals surface area contributed by atoms with Gasteiger partial charge in [0.15, 0.2) is 5.78 Å². The van der Waals surface area contributed by atoms with Gasteiger partial charge in [0.25, 0.3) is 0 Å². The minimum Gasteiger partial charge on any atom is -0.381 e. The van der Waals surface area contributed by atoms with E-state index in [2.05, 4.69) is 12.1 Å². The molecule has 3 atom stereocenters. The summed E-state index contributed by atoms with van der Waals surface area (Å²) in [7, 11) is 1.71. The lowest BCUT2D eigenvalue weighted by Gasteiger charge is -2.35. The van der Waals surface area contributed by atoms with Crippen LogP contribution in [0.5, 0.6) is 0 Å². The van der Waals surface area contributed by atoms with Gasteiger partial charge in [0.1, 0.15) is 11.7 Å². The molecule has 124 valence electrons. The number of ketones is 2. The van der Waals surface area contributed by atoms with Gasteiger partial charge in [-0.1, -0.05) is 17.7 Å². The minimum atomic E-state index is -0.564. The van der Waals surface area contributed by atoms with Gasteiger partial charge >= 0.3 is 0 Å². The van der Waals surface area contributed by atoms with Gasteiger partial charge in [0, 0.05) is 18.9 Å². The van der Waals surface area contributed by atoms with Crippen molar-refractivity contribution < 1.29 is 14.3 Å². The average molecular weight is 314 g/mol. The van der Waals surface area contributed by atoms with Crippen molar-refractivity contribution in [3.05, 3.63) is 34.4 Å². The van der Waals surface area contributed by atoms with E-state index in [1.165, 1.54) is 5.56 Å². The molecule has 0 heterocycles. The molecule has 0 N–H and O–H groups in total. The molecule has 0 amide bonds. The predicted molar refractivity (Wildman–Crippen MR) is 89.7 cm³/mol. The number of hydrogen-bond donors (Lipinski definition) is 0. The van der Waals surface area contributed by atoms with E-state index in [0.717, 1.165) is 36.0 Å². The molecule has 1 spiro atoms. The first-order chi connectivity index (χ1) is 10.9. The Labute approximate surface area is 138 Å². The molecule has 2 saturated carbocycles. The van der Waals surface area contributed by atoms with Crippen LogP contribution in [0.3, 0.4) is 0 Å². The fourth-order valence-corrected chi connectivity index (χ4v) is 4.81. The van der Waals surface area contributed by atoms with Crippen LogP contribution in [0.1, 0.15) is 60.3 Å². The van der Waals surface area contributed by atoms with Gasteiger partial charge in [-0.25, -0.2) is 0 Å². The summed E-state index contributed by atoms with van der Waals surface area (Å²) in [6.45, 7) is 6.08. The normalized spacial score (nSPS) is 31.1. The maximum Gasteiger partial charge on any atom is 0.154 e. The molecule has 3 rings (SSSR count). The van der Waals surface area contributed by atoms with Crippen LogP contribution in [0.4, 0.5) is 0 Å². The Morgan fingerprint density at radius 3 is 2.39 bits per heavy atom. The topological polar surface area (TPSA) is 43.4 Å². The Hall–Kier alpha value is -1.48. The van der Waals surface area contributed by atoms with Crippen LogP contribution in [0.15, 0.2) is 12.1 Å². The highest BCUT2D eigenvalue weighted by Crippen LogP contribution is 2.51. The van der Waals surface area contributed by atoms with Gasteiger partial charge in [0.05, 0.1) is 6.10 Å². The van der Waals surface area contributed by atoms with E-state index < -0.39 is 11.3 Å². The van der Waals surface area contributed by atoms with E-state index in [-0.39, 0.29) is 17.7 Å². The van der Waals surface area contributed by atoms with Gasteiger partial charge in [-0.2, -0.15) is 0 Å². The quantitative estimate of drug-likeness (QED) is 0.780. The van der Waals surface area contributed by atoms with Crippen LogP contribution >= 0.6 is 0 Å². The molecule has 0 aromatic heterocycles. The number of rotatable bonds is 2. The lowest BCUT2D eigenvalue weighted by atomic mass is 9.70. The molecule has 0 bridgehead atoms. The zero-order chi connectivity index (χ0) is 16.8. The van der Waals surface area contributed by atoms with Gasteiger partial charge in [-0.3, -0.25) is 9.59 Å². The van der Waals surface area contributed by atoms with Gasteiger partial charge < -0.3 is 4.74 Å². The van der Waals surface area contributed by atoms with Crippen molar-refractivity contribution in [2.24, 2.45) is 5.41 Å². The number of Topliss-reactive ketones (excluding diaryl/α,β-unsaturated/α-hetero) is 2. The molecule has 2 aliphatic carbocycles. The molecular weight excluding hydrogens is 288 g/mol. The summed E-state index contributed by atoms with van der Waals surface area (Å²) in [6.07, 6.45) is 4.00. The maximum absolute atomic E-state index is 13.3. The highest BCUT2D eigenvalue weighted by Gasteiger charge is 2.55. The van der Waals surface area contributed by atoms with Crippen molar-refractivity contribution in [2.45, 2.75) is 64.9 Å². The standard InChI is InChI=1S/C20H26O3/c1-12-8-13(2)17(14(3)9-12)18-16(21)11-20(19(18)22)7-5-6-15(10-20)23-4/h8-9,15,18H,5-7,10-11H2,1-4H3. The highest BCUT2D eigenvalue weighted by atomic mass is 16.5. The monoisotopic (exact) mass is 314 g/mol. The van der Waals surface area contributed by atoms with E-state index >= 15 is 0 Å². The molecule has 3 heteroatoms. The van der Waals surface area contributed by atoms with E-state index in [1.54, 1.807) is 7.11 Å². The first-order valence-corrected chi connectivity index (χ1v) is 8.55. The zero-order valence-electron chi connectivity index (χ0n) is 14.6. The second-order valence-electron chi connectivity index (χ2n) is 7.49. The number of methoxy groups -OCH3 is 1. The van der Waals surface area contributed by atoms with E-state index in [1.807, 2.05) is 20.8 Å². The number of benzene rings is 1. The largest absolute Gasteiger partial charge is 0.381 e. The van der Waals surface area contributed by atoms with Gasteiger partial charge in [-0.15, -0.1) is 0 Å². The summed E-state index contributed by atoms with van der Waals surface area (Å²) in [5.74, 6) is -0.327. The van der Waals surface area contributed by atoms with E-state index in [9.17, 15) is 9.59 Å². The number of hydrogen-bond acceptors (Lipinski definition) is 3. The number of aryl methyl sites for hydroxylation is 3. The first kappa shape index (κ1) is 16.4. The Morgan fingerprint density at radius 2 is 1.78 bits per heavy atom. The number of ether oxygens (including phenoxy) is 1. The molecule has 0 aliphatic heterocycles.